The molecule has 50 heteroatoms. The van der Waals surface area contributed by atoms with Gasteiger partial charge in [-0.2, -0.15) is 0 Å². The molecule has 0 saturated carbocycles. The van der Waals surface area contributed by atoms with Crippen molar-refractivity contribution in [3.05, 3.63) is 0 Å². The van der Waals surface area contributed by atoms with Crippen LogP contribution in [0.4, 0.5) is 0 Å². The van der Waals surface area contributed by atoms with Crippen molar-refractivity contribution in [3.8, 4) is 0 Å². The van der Waals surface area contributed by atoms with Crippen molar-refractivity contribution in [2.75, 3.05) is 19.8 Å². The van der Waals surface area contributed by atoms with Crippen molar-refractivity contribution in [2.45, 2.75) is 49.0 Å². The molecule has 1 heterocycles. The summed E-state index contributed by atoms with van der Waals surface area (Å²) in [6.45, 7) is -6.33. The maximum absolute atomic E-state index is 11.5. The Morgan fingerprint density at radius 1 is 0.410 bits per heavy atom. The molecule has 0 amide bonds. The molecule has 0 bridgehead atoms. The van der Waals surface area contributed by atoms with Gasteiger partial charge in [0, 0.05) is 0 Å². The van der Waals surface area contributed by atoms with Gasteiger partial charge in [-0.1, -0.05) is 0 Å². The van der Waals surface area contributed by atoms with Gasteiger partial charge in [0.1, 0.15) is 36.6 Å². The molecule has 1 fully saturated rings. The summed E-state index contributed by atoms with van der Waals surface area (Å²) < 4.78 is 310. The van der Waals surface area contributed by atoms with Crippen LogP contribution in [0.1, 0.15) is 0 Å². The van der Waals surface area contributed by atoms with Gasteiger partial charge in [-0.25, -0.2) is 67.3 Å². The molecule has 0 aromatic carbocycles. The molecule has 0 aromatic rings. The second kappa shape index (κ2) is 38.6. The third kappa shape index (κ3) is 46.6. The molecule has 0 aliphatic carbocycles. The fourth-order valence-electron chi connectivity index (χ4n) is 3.54. The van der Waals surface area contributed by atoms with Gasteiger partial charge in [-0.05, 0) is 0 Å². The first-order chi connectivity index (χ1) is 23.2. The maximum Gasteiger partial charge on any atom is 1.00 e. The molecule has 0 N–H and O–H groups in total. The zero-order valence-corrected chi connectivity index (χ0v) is 63.4. The molecule has 1 aliphatic heterocycles. The van der Waals surface area contributed by atoms with Gasteiger partial charge in [-0.3, -0.25) is 33.5 Å². The summed E-state index contributed by atoms with van der Waals surface area (Å²) in [5.74, 6) is 0. The number of hydrogen-bond donors (Lipinski definition) is 0. The molecule has 34 nitrogen and oxygen atoms in total. The van der Waals surface area contributed by atoms with Crippen LogP contribution in [0.5, 0.6) is 0 Å². The molecule has 8 atom stereocenters. The van der Waals surface area contributed by atoms with E-state index in [1.807, 2.05) is 0 Å². The van der Waals surface area contributed by atoms with Crippen molar-refractivity contribution >= 4 is 83.2 Å². The normalized spacial score (nSPS) is 20.8. The van der Waals surface area contributed by atoms with E-state index in [1.54, 1.807) is 0 Å². The number of ether oxygens (including phenoxy) is 2. The molecule has 0 aromatic heterocycles. The molecule has 1 saturated heterocycles. The number of hydrogen-bond acceptors (Lipinski definition) is 34. The SMILES string of the molecule is O=S(=O)([O-])OC[C@@H](OS(=O)(=O)[O-])[C@@H](OS(=O)(=O)[O-])[C@H](OS(=O)(=O)[O-])[C@@H](CO[C@H]1OC[C@@H](OS(=O)(=O)[O-])[C@@H](OS(=O)(=O)[O-])[C@@H]1OS(=O)(=O)[O-])OS(=O)(=O)[O-].[K+].[K+].[K+].[K+].[K+].[K+].[K+].[K+]. The summed E-state index contributed by atoms with van der Waals surface area (Å²) >= 11 is 0. The molecule has 61 heavy (non-hydrogen) atoms. The predicted molar refractivity (Wildman–Crippen MR) is 133 cm³/mol. The Morgan fingerprint density at radius 2 is 0.721 bits per heavy atom. The van der Waals surface area contributed by atoms with Crippen LogP contribution >= 0.6 is 0 Å². The van der Waals surface area contributed by atoms with Gasteiger partial charge in [0.05, 0.1) is 19.8 Å². The average molecular weight is 1260 g/mol. The first-order valence-corrected chi connectivity index (χ1v) is 22.2. The Hall–Kier alpha value is 12.0. The zero-order chi connectivity index (χ0) is 41.8. The molecule has 0 radical (unpaired) electrons. The second-order valence-electron chi connectivity index (χ2n) is 8.73. The molecule has 1 aliphatic rings. The smallest absolute Gasteiger partial charge is 0.726 e. The molecular weight excluding hydrogens is 1250 g/mol. The average Bonchev–Trinajstić information content (AvgIpc) is 2.84. The molecular formula is C11H14K8O34S8. The van der Waals surface area contributed by atoms with Crippen molar-refractivity contribution in [1.29, 1.82) is 0 Å². The summed E-state index contributed by atoms with van der Waals surface area (Å²) in [5.41, 5.74) is 0. The van der Waals surface area contributed by atoms with E-state index >= 15 is 0 Å². The van der Waals surface area contributed by atoms with Gasteiger partial charge < -0.3 is 45.9 Å². The maximum atomic E-state index is 11.5. The van der Waals surface area contributed by atoms with Gasteiger partial charge in [0.25, 0.3) is 0 Å². The quantitative estimate of drug-likeness (QED) is 0.0521. The van der Waals surface area contributed by atoms with E-state index in [0.29, 0.717) is 0 Å². The van der Waals surface area contributed by atoms with E-state index in [1.165, 1.54) is 0 Å². The summed E-state index contributed by atoms with van der Waals surface area (Å²) in [6.07, 6.45) is -27.2. The molecule has 1 rings (SSSR count). The van der Waals surface area contributed by atoms with Crippen LogP contribution in [-0.4, -0.2) is 173 Å². The van der Waals surface area contributed by atoms with E-state index in [0.717, 1.165) is 0 Å². The van der Waals surface area contributed by atoms with Crippen LogP contribution in [0.2, 0.25) is 0 Å². The van der Waals surface area contributed by atoms with E-state index in [2.05, 4.69) is 42.9 Å². The molecule has 0 spiro atoms. The minimum absolute atomic E-state index is 0. The van der Waals surface area contributed by atoms with Gasteiger partial charge in [0.2, 0.25) is 83.2 Å². The second-order valence-corrected chi connectivity index (χ2v) is 16.8. The minimum atomic E-state index is -6.64. The first kappa shape index (κ1) is 89.5. The molecule has 0 unspecified atom stereocenters. The largest absolute Gasteiger partial charge is 1.00 e. The minimum Gasteiger partial charge on any atom is -0.726 e. The summed E-state index contributed by atoms with van der Waals surface area (Å²) in [6, 6.07) is 0. The van der Waals surface area contributed by atoms with Gasteiger partial charge in [0.15, 0.2) is 12.4 Å². The Balaban J connectivity index is -0.000000585. The van der Waals surface area contributed by atoms with E-state index < -0.39 is 152 Å². The van der Waals surface area contributed by atoms with Crippen molar-refractivity contribution in [1.82, 2.24) is 0 Å². The third-order valence-electron chi connectivity index (χ3n) is 4.88. The van der Waals surface area contributed by atoms with E-state index in [9.17, 15) is 104 Å². The summed E-state index contributed by atoms with van der Waals surface area (Å²) in [7, 11) is -50.9. The summed E-state index contributed by atoms with van der Waals surface area (Å²) in [5, 5.41) is 0. The zero-order valence-electron chi connectivity index (χ0n) is 31.9. The Labute approximate surface area is 689 Å². The number of rotatable bonds is 23. The Bertz CT molecular complexity index is 2190. The first-order valence-electron chi connectivity index (χ1n) is 11.5. The van der Waals surface area contributed by atoms with Gasteiger partial charge >= 0.3 is 411 Å². The van der Waals surface area contributed by atoms with Crippen LogP contribution in [-0.2, 0) is 126 Å². The van der Waals surface area contributed by atoms with Crippen molar-refractivity contribution in [3.63, 3.8) is 0 Å². The predicted octanol–water partition coefficient (Wildman–Crippen LogP) is -33.2. The van der Waals surface area contributed by atoms with E-state index in [4.69, 9.17) is 0 Å². The van der Waals surface area contributed by atoms with Crippen LogP contribution < -0.4 is 411 Å². The van der Waals surface area contributed by atoms with Crippen LogP contribution in [0.15, 0.2) is 0 Å². The van der Waals surface area contributed by atoms with Crippen LogP contribution in [0, 0.1) is 0 Å². The van der Waals surface area contributed by atoms with Crippen molar-refractivity contribution in [2.24, 2.45) is 0 Å². The Morgan fingerprint density at radius 3 is 1.02 bits per heavy atom. The monoisotopic (exact) mass is 1260 g/mol. The third-order valence-corrected chi connectivity index (χ3v) is 8.59. The fraction of sp³-hybridized carbons (Fsp3) is 1.00. The topological polar surface area (TPSA) is 550 Å². The summed E-state index contributed by atoms with van der Waals surface area (Å²) in [4.78, 5) is 0. The Kier molecular flexibility index (Phi) is 56.6. The van der Waals surface area contributed by atoms with E-state index in [-0.39, 0.29) is 411 Å². The molecule has 318 valence electrons. The van der Waals surface area contributed by atoms with Crippen LogP contribution in [0.3, 0.4) is 0 Å². The standard InChI is InChI=1S/C11H22O34S8.8K/c12-46(13,14)38-3-6(41-49(21,22)23)8(43-51(27,28)29)7(42-50(24,25)26)4(39-47(15,16)17)1-36-11-10(45-53(33,34)35)9(44-52(30,31)32)5(2-37-11)40-48(18,19)20;;;;;;;;/h4-11H,1-3H2,(H,12,13,14)(H,15,16,17)(H,18,19,20)(H,21,22,23)(H,24,25,26)(H,27,28,29)(H,30,31,32)(H,33,34,35);;;;;;;;/q;8*+1/p-8/t4-,5-,6-,7-,8-,9-,10+,11+;;;;;;;;/m1......../s1. The fourth-order valence-corrected chi connectivity index (χ4v) is 7.23. The van der Waals surface area contributed by atoms with Crippen LogP contribution in [0.25, 0.3) is 0 Å². The van der Waals surface area contributed by atoms with Gasteiger partial charge in [-0.15, -0.1) is 0 Å². The van der Waals surface area contributed by atoms with Crippen molar-refractivity contribution < 1.29 is 558 Å².